The van der Waals surface area contributed by atoms with Crippen LogP contribution in [-0.2, 0) is 6.42 Å². The predicted molar refractivity (Wildman–Crippen MR) is 68.6 cm³/mol. The lowest BCUT2D eigenvalue weighted by molar-refractivity contribution is 0.674. The molecule has 0 unspecified atom stereocenters. The average Bonchev–Trinajstić information content (AvgIpc) is 2.35. The van der Waals surface area contributed by atoms with E-state index in [1.54, 1.807) is 0 Å². The number of nitrogens with zero attached hydrogens (tertiary/aromatic N) is 1. The molecule has 0 spiro atoms. The Bertz CT molecular complexity index is 446. The van der Waals surface area contributed by atoms with Gasteiger partial charge in [0, 0.05) is 11.6 Å². The van der Waals surface area contributed by atoms with Crippen LogP contribution in [0.1, 0.15) is 18.9 Å². The van der Waals surface area contributed by atoms with Gasteiger partial charge in [0.1, 0.15) is 0 Å². The minimum Gasteiger partial charge on any atom is -0.317 e. The Morgan fingerprint density at radius 3 is 3.00 bits per heavy atom. The highest BCUT2D eigenvalue weighted by Crippen LogP contribution is 2.17. The maximum atomic E-state index is 4.37. The summed E-state index contributed by atoms with van der Waals surface area (Å²) in [6.45, 7) is 4.28. The molecule has 0 saturated carbocycles. The summed E-state index contributed by atoms with van der Waals surface area (Å²) in [5, 5.41) is 4.64. The van der Waals surface area contributed by atoms with Crippen LogP contribution in [0.15, 0.2) is 36.5 Å². The Labute approximate surface area is 96.7 Å². The smallest absolute Gasteiger partial charge is 0.0704 e. The van der Waals surface area contributed by atoms with Gasteiger partial charge in [0.25, 0.3) is 0 Å². The van der Waals surface area contributed by atoms with Crippen molar-refractivity contribution in [3.63, 3.8) is 0 Å². The average molecular weight is 214 g/mol. The zero-order chi connectivity index (χ0) is 11.2. The molecule has 0 bridgehead atoms. The van der Waals surface area contributed by atoms with Gasteiger partial charge in [-0.05, 0) is 43.6 Å². The molecule has 1 N–H and O–H groups in total. The van der Waals surface area contributed by atoms with Crippen molar-refractivity contribution in [2.75, 3.05) is 13.1 Å². The van der Waals surface area contributed by atoms with Crippen molar-refractivity contribution in [3.05, 3.63) is 42.1 Å². The minimum atomic E-state index is 1.05. The van der Waals surface area contributed by atoms with Crippen LogP contribution in [-0.4, -0.2) is 18.1 Å². The molecule has 84 valence electrons. The van der Waals surface area contributed by atoms with Crippen molar-refractivity contribution in [2.24, 2.45) is 0 Å². The van der Waals surface area contributed by atoms with Crippen molar-refractivity contribution in [1.29, 1.82) is 0 Å². The van der Waals surface area contributed by atoms with Crippen LogP contribution in [0, 0.1) is 0 Å². The van der Waals surface area contributed by atoms with Crippen molar-refractivity contribution in [2.45, 2.75) is 19.8 Å². The second-order valence-corrected chi connectivity index (χ2v) is 3.94. The molecule has 0 amide bonds. The van der Waals surface area contributed by atoms with Gasteiger partial charge < -0.3 is 5.32 Å². The van der Waals surface area contributed by atoms with E-state index in [2.05, 4.69) is 41.5 Å². The van der Waals surface area contributed by atoms with Crippen molar-refractivity contribution >= 4 is 10.9 Å². The van der Waals surface area contributed by atoms with Gasteiger partial charge in [-0.2, -0.15) is 0 Å². The fourth-order valence-corrected chi connectivity index (χ4v) is 1.97. The predicted octanol–water partition coefficient (Wildman–Crippen LogP) is 2.78. The van der Waals surface area contributed by atoms with Crippen molar-refractivity contribution < 1.29 is 0 Å². The van der Waals surface area contributed by atoms with Crippen LogP contribution in [0.4, 0.5) is 0 Å². The van der Waals surface area contributed by atoms with Crippen LogP contribution < -0.4 is 5.32 Å². The number of aryl methyl sites for hydroxylation is 1. The standard InChI is InChI=1S/C14H18N2/c1-2-15-10-4-7-12-6-3-9-14-13(12)8-5-11-16-14/h3,5-6,8-9,11,15H,2,4,7,10H2,1H3. The zero-order valence-electron chi connectivity index (χ0n) is 9.74. The summed E-state index contributed by atoms with van der Waals surface area (Å²) in [7, 11) is 0. The summed E-state index contributed by atoms with van der Waals surface area (Å²) >= 11 is 0. The number of benzene rings is 1. The highest BCUT2D eigenvalue weighted by Gasteiger charge is 2.00. The molecule has 16 heavy (non-hydrogen) atoms. The molecule has 2 rings (SSSR count). The number of fused-ring (bicyclic) bond motifs is 1. The summed E-state index contributed by atoms with van der Waals surface area (Å²) in [5.74, 6) is 0. The highest BCUT2D eigenvalue weighted by molar-refractivity contribution is 5.81. The molecule has 0 radical (unpaired) electrons. The zero-order valence-corrected chi connectivity index (χ0v) is 9.74. The second kappa shape index (κ2) is 5.61. The largest absolute Gasteiger partial charge is 0.317 e. The van der Waals surface area contributed by atoms with E-state index in [-0.39, 0.29) is 0 Å². The summed E-state index contributed by atoms with van der Waals surface area (Å²) in [5.41, 5.74) is 2.51. The third-order valence-corrected chi connectivity index (χ3v) is 2.79. The van der Waals surface area contributed by atoms with E-state index in [1.165, 1.54) is 17.4 Å². The SMILES string of the molecule is CCNCCCc1cccc2ncccc12. The van der Waals surface area contributed by atoms with Gasteiger partial charge in [0.05, 0.1) is 5.52 Å². The molecule has 0 atom stereocenters. The van der Waals surface area contributed by atoms with Gasteiger partial charge in [-0.3, -0.25) is 4.98 Å². The van der Waals surface area contributed by atoms with Crippen LogP contribution in [0.3, 0.4) is 0 Å². The maximum Gasteiger partial charge on any atom is 0.0704 e. The van der Waals surface area contributed by atoms with Gasteiger partial charge in [-0.1, -0.05) is 25.1 Å². The fourth-order valence-electron chi connectivity index (χ4n) is 1.97. The molecule has 1 aromatic heterocycles. The molecular formula is C14H18N2. The van der Waals surface area contributed by atoms with E-state index < -0.39 is 0 Å². The molecule has 0 aliphatic rings. The van der Waals surface area contributed by atoms with Gasteiger partial charge in [0.2, 0.25) is 0 Å². The van der Waals surface area contributed by atoms with Crippen LogP contribution in [0.25, 0.3) is 10.9 Å². The first-order chi connectivity index (χ1) is 7.92. The Balaban J connectivity index is 2.11. The van der Waals surface area contributed by atoms with E-state index in [9.17, 15) is 0 Å². The van der Waals surface area contributed by atoms with Gasteiger partial charge in [-0.15, -0.1) is 0 Å². The molecule has 0 aliphatic heterocycles. The fraction of sp³-hybridized carbons (Fsp3) is 0.357. The molecule has 2 aromatic rings. The molecule has 1 heterocycles. The van der Waals surface area contributed by atoms with Gasteiger partial charge in [-0.25, -0.2) is 0 Å². The Morgan fingerprint density at radius 2 is 2.12 bits per heavy atom. The summed E-state index contributed by atoms with van der Waals surface area (Å²) < 4.78 is 0. The molecule has 0 aliphatic carbocycles. The highest BCUT2D eigenvalue weighted by atomic mass is 14.8. The Kier molecular flexibility index (Phi) is 3.89. The van der Waals surface area contributed by atoms with E-state index in [0.29, 0.717) is 0 Å². The first-order valence-electron chi connectivity index (χ1n) is 5.95. The quantitative estimate of drug-likeness (QED) is 0.774. The van der Waals surface area contributed by atoms with E-state index in [4.69, 9.17) is 0 Å². The second-order valence-electron chi connectivity index (χ2n) is 3.94. The Hall–Kier alpha value is -1.41. The number of hydrogen-bond acceptors (Lipinski definition) is 2. The lowest BCUT2D eigenvalue weighted by Crippen LogP contribution is -2.14. The number of rotatable bonds is 5. The normalized spacial score (nSPS) is 10.8. The molecule has 0 saturated heterocycles. The third-order valence-electron chi connectivity index (χ3n) is 2.79. The molecule has 2 heteroatoms. The number of aromatic nitrogens is 1. The molecule has 2 nitrogen and oxygen atoms in total. The maximum absolute atomic E-state index is 4.37. The van der Waals surface area contributed by atoms with E-state index in [0.717, 1.165) is 25.0 Å². The van der Waals surface area contributed by atoms with E-state index in [1.807, 2.05) is 12.3 Å². The topological polar surface area (TPSA) is 24.9 Å². The van der Waals surface area contributed by atoms with Crippen LogP contribution in [0.2, 0.25) is 0 Å². The van der Waals surface area contributed by atoms with Crippen molar-refractivity contribution in [1.82, 2.24) is 10.3 Å². The summed E-state index contributed by atoms with van der Waals surface area (Å²) in [4.78, 5) is 4.37. The Morgan fingerprint density at radius 1 is 1.19 bits per heavy atom. The summed E-state index contributed by atoms with van der Waals surface area (Å²) in [6, 6.07) is 10.5. The number of pyridine rings is 1. The molecule has 0 fully saturated rings. The molecular weight excluding hydrogens is 196 g/mol. The van der Waals surface area contributed by atoms with Crippen LogP contribution in [0.5, 0.6) is 0 Å². The molecule has 1 aromatic carbocycles. The lowest BCUT2D eigenvalue weighted by Gasteiger charge is -2.06. The van der Waals surface area contributed by atoms with Crippen molar-refractivity contribution in [3.8, 4) is 0 Å². The first kappa shape index (κ1) is 11.1. The summed E-state index contributed by atoms with van der Waals surface area (Å²) in [6.07, 6.45) is 4.16. The minimum absolute atomic E-state index is 1.05. The van der Waals surface area contributed by atoms with E-state index >= 15 is 0 Å². The first-order valence-corrected chi connectivity index (χ1v) is 5.95. The third kappa shape index (κ3) is 2.58. The van der Waals surface area contributed by atoms with Crippen LogP contribution >= 0.6 is 0 Å². The number of nitrogens with one attached hydrogen (secondary N) is 1. The van der Waals surface area contributed by atoms with Gasteiger partial charge in [0.15, 0.2) is 0 Å². The lowest BCUT2D eigenvalue weighted by atomic mass is 10.0. The number of hydrogen-bond donors (Lipinski definition) is 1. The van der Waals surface area contributed by atoms with Gasteiger partial charge >= 0.3 is 0 Å². The monoisotopic (exact) mass is 214 g/mol.